The van der Waals surface area contributed by atoms with E-state index in [1.54, 1.807) is 0 Å². The van der Waals surface area contributed by atoms with Gasteiger partial charge in [-0.2, -0.15) is 0 Å². The number of hydrogen-bond acceptors (Lipinski definition) is 1. The number of primary amides is 1. The number of aromatic amines is 1. The number of carbonyl (C=O) groups excluding carboxylic acids is 1. The molecule has 1 atom stereocenters. The zero-order valence-electron chi connectivity index (χ0n) is 9.71. The van der Waals surface area contributed by atoms with E-state index in [9.17, 15) is 4.79 Å². The van der Waals surface area contributed by atoms with Crippen LogP contribution in [-0.2, 0) is 11.2 Å². The van der Waals surface area contributed by atoms with Gasteiger partial charge < -0.3 is 10.7 Å². The molecule has 1 amide bonds. The molecule has 92 valence electrons. The Kier molecular flexibility index (Phi) is 3.89. The molecule has 1 aromatic rings. The lowest BCUT2D eigenvalue weighted by Crippen LogP contribution is -2.24. The SMILES string of the molecule is NC(=O)C1CCCc2cc(/C=C\CCCl)[nH]c21. The van der Waals surface area contributed by atoms with Gasteiger partial charge in [0.25, 0.3) is 0 Å². The highest BCUT2D eigenvalue weighted by Crippen LogP contribution is 2.31. The van der Waals surface area contributed by atoms with Gasteiger partial charge in [-0.25, -0.2) is 0 Å². The molecule has 0 radical (unpaired) electrons. The van der Waals surface area contributed by atoms with Gasteiger partial charge in [-0.05, 0) is 43.4 Å². The maximum Gasteiger partial charge on any atom is 0.226 e. The number of allylic oxidation sites excluding steroid dienone is 1. The first-order valence-corrected chi connectivity index (χ1v) is 6.49. The molecule has 0 aliphatic heterocycles. The van der Waals surface area contributed by atoms with Crippen LogP contribution < -0.4 is 5.73 Å². The van der Waals surface area contributed by atoms with Crippen LogP contribution in [0.5, 0.6) is 0 Å². The molecule has 1 aliphatic carbocycles. The van der Waals surface area contributed by atoms with Gasteiger partial charge in [0.15, 0.2) is 0 Å². The van der Waals surface area contributed by atoms with Crippen LogP contribution in [0.4, 0.5) is 0 Å². The molecule has 3 nitrogen and oxygen atoms in total. The average Bonchev–Trinajstić information content (AvgIpc) is 2.71. The first kappa shape index (κ1) is 12.2. The lowest BCUT2D eigenvalue weighted by atomic mass is 9.87. The number of carbonyl (C=O) groups is 1. The van der Waals surface area contributed by atoms with E-state index in [1.165, 1.54) is 5.56 Å². The Morgan fingerprint density at radius 3 is 3.18 bits per heavy atom. The van der Waals surface area contributed by atoms with Gasteiger partial charge in [0.1, 0.15) is 0 Å². The number of hydrogen-bond donors (Lipinski definition) is 2. The van der Waals surface area contributed by atoms with Crippen LogP contribution >= 0.6 is 11.6 Å². The largest absolute Gasteiger partial charge is 0.369 e. The number of fused-ring (bicyclic) bond motifs is 1. The van der Waals surface area contributed by atoms with Gasteiger partial charge >= 0.3 is 0 Å². The minimum Gasteiger partial charge on any atom is -0.369 e. The van der Waals surface area contributed by atoms with E-state index in [1.807, 2.05) is 12.2 Å². The summed E-state index contributed by atoms with van der Waals surface area (Å²) < 4.78 is 0. The molecule has 0 saturated carbocycles. The van der Waals surface area contributed by atoms with Crippen molar-refractivity contribution in [3.63, 3.8) is 0 Å². The normalized spacial score (nSPS) is 19.5. The van der Waals surface area contributed by atoms with E-state index in [-0.39, 0.29) is 11.8 Å². The van der Waals surface area contributed by atoms with Crippen molar-refractivity contribution in [1.82, 2.24) is 4.98 Å². The summed E-state index contributed by atoms with van der Waals surface area (Å²) in [6, 6.07) is 2.11. The Bertz CT molecular complexity index is 437. The van der Waals surface area contributed by atoms with Gasteiger partial charge in [0.05, 0.1) is 5.92 Å². The maximum absolute atomic E-state index is 11.4. The number of nitrogens with one attached hydrogen (secondary N) is 1. The first-order chi connectivity index (χ1) is 8.22. The molecular formula is C13H17ClN2O. The third kappa shape index (κ3) is 2.72. The average molecular weight is 253 g/mol. The Morgan fingerprint density at radius 2 is 2.47 bits per heavy atom. The summed E-state index contributed by atoms with van der Waals surface area (Å²) in [5.74, 6) is 0.249. The number of H-pyrrole nitrogens is 1. The van der Waals surface area contributed by atoms with E-state index < -0.39 is 0 Å². The summed E-state index contributed by atoms with van der Waals surface area (Å²) in [5.41, 5.74) is 8.69. The highest BCUT2D eigenvalue weighted by Gasteiger charge is 2.26. The fourth-order valence-corrected chi connectivity index (χ4v) is 2.47. The van der Waals surface area contributed by atoms with E-state index >= 15 is 0 Å². The van der Waals surface area contributed by atoms with Gasteiger partial charge in [-0.3, -0.25) is 4.79 Å². The molecule has 0 spiro atoms. The lowest BCUT2D eigenvalue weighted by molar-refractivity contribution is -0.119. The van der Waals surface area contributed by atoms with Crippen LogP contribution in [0.15, 0.2) is 12.1 Å². The Morgan fingerprint density at radius 1 is 1.65 bits per heavy atom. The summed E-state index contributed by atoms with van der Waals surface area (Å²) in [5, 5.41) is 0. The molecule has 1 heterocycles. The van der Waals surface area contributed by atoms with E-state index in [0.29, 0.717) is 5.88 Å². The highest BCUT2D eigenvalue weighted by atomic mass is 35.5. The number of aryl methyl sites for hydroxylation is 1. The van der Waals surface area contributed by atoms with Crippen LogP contribution in [0.2, 0.25) is 0 Å². The van der Waals surface area contributed by atoms with Gasteiger partial charge in [0.2, 0.25) is 5.91 Å². The number of nitrogens with two attached hydrogens (primary N) is 1. The quantitative estimate of drug-likeness (QED) is 0.795. The second kappa shape index (κ2) is 5.41. The van der Waals surface area contributed by atoms with Crippen molar-refractivity contribution in [3.05, 3.63) is 29.1 Å². The van der Waals surface area contributed by atoms with Crippen LogP contribution in [-0.4, -0.2) is 16.8 Å². The maximum atomic E-state index is 11.4. The van der Waals surface area contributed by atoms with E-state index in [2.05, 4.69) is 11.1 Å². The Hall–Kier alpha value is -1.22. The minimum atomic E-state index is -0.232. The number of rotatable bonds is 4. The van der Waals surface area contributed by atoms with Crippen molar-refractivity contribution in [3.8, 4) is 0 Å². The number of amides is 1. The number of aromatic nitrogens is 1. The molecule has 1 unspecified atom stereocenters. The minimum absolute atomic E-state index is 0.145. The number of halogens is 1. The lowest BCUT2D eigenvalue weighted by Gasteiger charge is -2.19. The molecule has 0 bridgehead atoms. The second-order valence-electron chi connectivity index (χ2n) is 4.39. The van der Waals surface area contributed by atoms with Crippen molar-refractivity contribution in [2.24, 2.45) is 5.73 Å². The predicted molar refractivity (Wildman–Crippen MR) is 70.0 cm³/mol. The van der Waals surface area contributed by atoms with Crippen molar-refractivity contribution < 1.29 is 4.79 Å². The van der Waals surface area contributed by atoms with E-state index in [0.717, 1.165) is 37.1 Å². The molecule has 4 heteroatoms. The molecule has 1 aliphatic rings. The van der Waals surface area contributed by atoms with Crippen molar-refractivity contribution in [2.45, 2.75) is 31.6 Å². The molecule has 17 heavy (non-hydrogen) atoms. The summed E-state index contributed by atoms with van der Waals surface area (Å²) in [7, 11) is 0. The fraction of sp³-hybridized carbons (Fsp3) is 0.462. The standard InChI is InChI=1S/C13H17ClN2O/c14-7-2-1-5-10-8-9-4-3-6-11(13(15)17)12(9)16-10/h1,5,8,11,16H,2-4,6-7H2,(H2,15,17)/b5-1-. The molecule has 1 aromatic heterocycles. The Balaban J connectivity index is 2.21. The van der Waals surface area contributed by atoms with Crippen molar-refractivity contribution in [2.75, 3.05) is 5.88 Å². The van der Waals surface area contributed by atoms with Crippen LogP contribution in [0, 0.1) is 0 Å². The fourth-order valence-electron chi connectivity index (χ4n) is 2.34. The smallest absolute Gasteiger partial charge is 0.226 e. The zero-order valence-corrected chi connectivity index (χ0v) is 10.5. The van der Waals surface area contributed by atoms with Crippen molar-refractivity contribution in [1.29, 1.82) is 0 Å². The molecule has 0 saturated heterocycles. The van der Waals surface area contributed by atoms with Gasteiger partial charge in [-0.1, -0.05) is 6.08 Å². The van der Waals surface area contributed by atoms with E-state index in [4.69, 9.17) is 17.3 Å². The van der Waals surface area contributed by atoms with Gasteiger partial charge in [0, 0.05) is 17.3 Å². The molecule has 2 rings (SSSR count). The topological polar surface area (TPSA) is 58.9 Å². The molecule has 3 N–H and O–H groups in total. The highest BCUT2D eigenvalue weighted by molar-refractivity contribution is 6.17. The number of alkyl halides is 1. The summed E-state index contributed by atoms with van der Waals surface area (Å²) in [6.45, 7) is 0. The summed E-state index contributed by atoms with van der Waals surface area (Å²) in [4.78, 5) is 14.6. The molecule has 0 aromatic carbocycles. The third-order valence-corrected chi connectivity index (χ3v) is 3.38. The third-order valence-electron chi connectivity index (χ3n) is 3.16. The zero-order chi connectivity index (χ0) is 12.3. The molecule has 0 fully saturated rings. The van der Waals surface area contributed by atoms with Crippen LogP contribution in [0.25, 0.3) is 6.08 Å². The van der Waals surface area contributed by atoms with Crippen LogP contribution in [0.3, 0.4) is 0 Å². The summed E-state index contributed by atoms with van der Waals surface area (Å²) in [6.07, 6.45) is 7.81. The summed E-state index contributed by atoms with van der Waals surface area (Å²) >= 11 is 5.61. The monoisotopic (exact) mass is 252 g/mol. The van der Waals surface area contributed by atoms with Crippen LogP contribution in [0.1, 0.15) is 42.1 Å². The predicted octanol–water partition coefficient (Wildman–Crippen LogP) is 2.56. The Labute approximate surface area is 106 Å². The van der Waals surface area contributed by atoms with Gasteiger partial charge in [-0.15, -0.1) is 11.6 Å². The first-order valence-electron chi connectivity index (χ1n) is 5.96. The van der Waals surface area contributed by atoms with Crippen molar-refractivity contribution >= 4 is 23.6 Å². The second-order valence-corrected chi connectivity index (χ2v) is 4.77. The molecular weight excluding hydrogens is 236 g/mol.